The monoisotopic (exact) mass is 274 g/mol. The van der Waals surface area contributed by atoms with Crippen molar-refractivity contribution in [2.75, 3.05) is 0 Å². The Bertz CT molecular complexity index is 459. The van der Waals surface area contributed by atoms with Crippen LogP contribution in [0.15, 0.2) is 12.5 Å². The lowest BCUT2D eigenvalue weighted by atomic mass is 10.1. The first-order valence-electron chi connectivity index (χ1n) is 8.04. The standard InChI is InChI=1S/C16H26N4/c1-2-3-4-5-6-7-8-9-10-11-15-19-14-12-17-13-18-16(14)20-15/h12-13H,2-11H2,1H3,(H,17,18,19,20). The van der Waals surface area contributed by atoms with E-state index in [1.165, 1.54) is 57.8 Å². The Labute approximate surface area is 121 Å². The molecular formula is C16H26N4. The Morgan fingerprint density at radius 3 is 2.35 bits per heavy atom. The molecule has 0 aromatic carbocycles. The minimum absolute atomic E-state index is 0.783. The summed E-state index contributed by atoms with van der Waals surface area (Å²) < 4.78 is 0. The van der Waals surface area contributed by atoms with E-state index in [0.717, 1.165) is 23.4 Å². The second-order valence-electron chi connectivity index (χ2n) is 5.52. The number of nitrogens with one attached hydrogen (secondary N) is 1. The zero-order chi connectivity index (χ0) is 14.0. The van der Waals surface area contributed by atoms with Crippen LogP contribution in [0.5, 0.6) is 0 Å². The van der Waals surface area contributed by atoms with Crippen LogP contribution >= 0.6 is 0 Å². The molecule has 110 valence electrons. The zero-order valence-electron chi connectivity index (χ0n) is 12.6. The molecule has 1 N–H and O–H groups in total. The number of aromatic nitrogens is 4. The lowest BCUT2D eigenvalue weighted by molar-refractivity contribution is 0.562. The molecule has 0 unspecified atom stereocenters. The van der Waals surface area contributed by atoms with Gasteiger partial charge in [-0.3, -0.25) is 0 Å². The van der Waals surface area contributed by atoms with Crippen molar-refractivity contribution in [2.45, 2.75) is 71.1 Å². The number of aromatic amines is 1. The Kier molecular flexibility index (Phi) is 6.48. The molecule has 0 aliphatic heterocycles. The van der Waals surface area contributed by atoms with Crippen molar-refractivity contribution in [3.63, 3.8) is 0 Å². The molecule has 0 radical (unpaired) electrons. The normalized spacial score (nSPS) is 11.2. The van der Waals surface area contributed by atoms with Gasteiger partial charge in [-0.15, -0.1) is 0 Å². The summed E-state index contributed by atoms with van der Waals surface area (Å²) in [4.78, 5) is 15.9. The molecule has 20 heavy (non-hydrogen) atoms. The van der Waals surface area contributed by atoms with Crippen molar-refractivity contribution in [1.29, 1.82) is 0 Å². The number of hydrogen-bond donors (Lipinski definition) is 1. The molecule has 2 aromatic rings. The highest BCUT2D eigenvalue weighted by molar-refractivity contribution is 5.68. The van der Waals surface area contributed by atoms with E-state index in [4.69, 9.17) is 0 Å². The molecule has 0 atom stereocenters. The molecule has 2 heterocycles. The van der Waals surface area contributed by atoms with Gasteiger partial charge in [-0.1, -0.05) is 58.3 Å². The summed E-state index contributed by atoms with van der Waals surface area (Å²) in [5.41, 5.74) is 1.73. The second kappa shape index (κ2) is 8.67. The summed E-state index contributed by atoms with van der Waals surface area (Å²) in [5.74, 6) is 1.04. The van der Waals surface area contributed by atoms with Crippen LogP contribution in [0.1, 0.15) is 70.5 Å². The Hall–Kier alpha value is -1.45. The van der Waals surface area contributed by atoms with Gasteiger partial charge >= 0.3 is 0 Å². The first kappa shape index (κ1) is 14.9. The van der Waals surface area contributed by atoms with Crippen molar-refractivity contribution in [1.82, 2.24) is 19.9 Å². The molecule has 2 aromatic heterocycles. The van der Waals surface area contributed by atoms with Crippen molar-refractivity contribution < 1.29 is 0 Å². The maximum atomic E-state index is 4.47. The predicted octanol–water partition coefficient (Wildman–Crippen LogP) is 4.43. The van der Waals surface area contributed by atoms with Gasteiger partial charge in [0.15, 0.2) is 5.65 Å². The molecule has 2 rings (SSSR count). The fraction of sp³-hybridized carbons (Fsp3) is 0.688. The number of aryl methyl sites for hydroxylation is 1. The fourth-order valence-corrected chi connectivity index (χ4v) is 2.53. The van der Waals surface area contributed by atoms with Crippen molar-refractivity contribution in [3.05, 3.63) is 18.3 Å². The smallest absolute Gasteiger partial charge is 0.180 e. The number of imidazole rings is 1. The zero-order valence-corrected chi connectivity index (χ0v) is 12.6. The number of hydrogen-bond acceptors (Lipinski definition) is 3. The highest BCUT2D eigenvalue weighted by Gasteiger charge is 2.02. The van der Waals surface area contributed by atoms with Gasteiger partial charge in [0.25, 0.3) is 0 Å². The first-order valence-corrected chi connectivity index (χ1v) is 8.04. The molecule has 0 bridgehead atoms. The van der Waals surface area contributed by atoms with E-state index < -0.39 is 0 Å². The quantitative estimate of drug-likeness (QED) is 0.652. The van der Waals surface area contributed by atoms with Crippen LogP contribution in [0, 0.1) is 0 Å². The third-order valence-electron chi connectivity index (χ3n) is 3.73. The number of H-pyrrole nitrogens is 1. The van der Waals surface area contributed by atoms with E-state index in [1.807, 2.05) is 0 Å². The Morgan fingerprint density at radius 1 is 0.950 bits per heavy atom. The Morgan fingerprint density at radius 2 is 1.65 bits per heavy atom. The highest BCUT2D eigenvalue weighted by atomic mass is 15.0. The maximum absolute atomic E-state index is 4.47. The van der Waals surface area contributed by atoms with Crippen LogP contribution in [0.4, 0.5) is 0 Å². The van der Waals surface area contributed by atoms with Crippen LogP contribution < -0.4 is 0 Å². The van der Waals surface area contributed by atoms with Crippen LogP contribution in [0.3, 0.4) is 0 Å². The van der Waals surface area contributed by atoms with Crippen molar-refractivity contribution in [2.24, 2.45) is 0 Å². The summed E-state index contributed by atoms with van der Waals surface area (Å²) in [5, 5.41) is 0. The van der Waals surface area contributed by atoms with Gasteiger partial charge in [0.05, 0.1) is 6.20 Å². The average Bonchev–Trinajstić information content (AvgIpc) is 2.88. The average molecular weight is 274 g/mol. The van der Waals surface area contributed by atoms with E-state index in [0.29, 0.717) is 0 Å². The molecule has 4 heteroatoms. The molecule has 0 amide bonds. The van der Waals surface area contributed by atoms with Gasteiger partial charge in [0.2, 0.25) is 0 Å². The summed E-state index contributed by atoms with van der Waals surface area (Å²) in [6.07, 6.45) is 16.6. The lowest BCUT2D eigenvalue weighted by Gasteiger charge is -2.01. The van der Waals surface area contributed by atoms with Gasteiger partial charge in [0.1, 0.15) is 17.7 Å². The number of rotatable bonds is 10. The largest absolute Gasteiger partial charge is 0.339 e. The minimum atomic E-state index is 0.783. The molecule has 0 aliphatic carbocycles. The first-order chi connectivity index (χ1) is 9.90. The minimum Gasteiger partial charge on any atom is -0.339 e. The van der Waals surface area contributed by atoms with Gasteiger partial charge in [0, 0.05) is 6.42 Å². The second-order valence-corrected chi connectivity index (χ2v) is 5.52. The molecule has 0 spiro atoms. The van der Waals surface area contributed by atoms with E-state index in [2.05, 4.69) is 26.9 Å². The summed E-state index contributed by atoms with van der Waals surface area (Å²) >= 11 is 0. The third-order valence-corrected chi connectivity index (χ3v) is 3.73. The molecule has 0 fully saturated rings. The fourth-order valence-electron chi connectivity index (χ4n) is 2.53. The summed E-state index contributed by atoms with van der Waals surface area (Å²) in [6.45, 7) is 2.27. The van der Waals surface area contributed by atoms with Gasteiger partial charge in [-0.25, -0.2) is 15.0 Å². The van der Waals surface area contributed by atoms with Crippen molar-refractivity contribution >= 4 is 11.2 Å². The lowest BCUT2D eigenvalue weighted by Crippen LogP contribution is -1.89. The Balaban J connectivity index is 1.55. The van der Waals surface area contributed by atoms with E-state index in [9.17, 15) is 0 Å². The SMILES string of the molecule is CCCCCCCCCCCc1nc2ncncc2[nH]1. The molecular weight excluding hydrogens is 248 g/mol. The van der Waals surface area contributed by atoms with Crippen LogP contribution in [-0.4, -0.2) is 19.9 Å². The summed E-state index contributed by atoms with van der Waals surface area (Å²) in [7, 11) is 0. The van der Waals surface area contributed by atoms with Crippen molar-refractivity contribution in [3.8, 4) is 0 Å². The third kappa shape index (κ3) is 4.91. The number of unbranched alkanes of at least 4 members (excludes halogenated alkanes) is 8. The van der Waals surface area contributed by atoms with Gasteiger partial charge in [-0.05, 0) is 6.42 Å². The van der Waals surface area contributed by atoms with Crippen LogP contribution in [-0.2, 0) is 6.42 Å². The van der Waals surface area contributed by atoms with Gasteiger partial charge < -0.3 is 4.98 Å². The van der Waals surface area contributed by atoms with Gasteiger partial charge in [-0.2, -0.15) is 0 Å². The summed E-state index contributed by atoms with van der Waals surface area (Å²) in [6, 6.07) is 0. The maximum Gasteiger partial charge on any atom is 0.180 e. The molecule has 0 aliphatic rings. The topological polar surface area (TPSA) is 54.5 Å². The molecule has 0 saturated carbocycles. The highest BCUT2D eigenvalue weighted by Crippen LogP contribution is 2.12. The molecule has 4 nitrogen and oxygen atoms in total. The number of fused-ring (bicyclic) bond motifs is 1. The van der Waals surface area contributed by atoms with E-state index in [1.54, 1.807) is 12.5 Å². The van der Waals surface area contributed by atoms with Crippen LogP contribution in [0.25, 0.3) is 11.2 Å². The van der Waals surface area contributed by atoms with E-state index in [-0.39, 0.29) is 0 Å². The predicted molar refractivity (Wildman–Crippen MR) is 82.6 cm³/mol. The number of nitrogens with zero attached hydrogens (tertiary/aromatic N) is 3. The molecule has 0 saturated heterocycles. The van der Waals surface area contributed by atoms with Crippen LogP contribution in [0.2, 0.25) is 0 Å². The van der Waals surface area contributed by atoms with E-state index >= 15 is 0 Å².